The summed E-state index contributed by atoms with van der Waals surface area (Å²) in [7, 11) is 0. The van der Waals surface area contributed by atoms with Crippen LogP contribution in [0.3, 0.4) is 0 Å². The lowest BCUT2D eigenvalue weighted by Gasteiger charge is -2.11. The van der Waals surface area contributed by atoms with E-state index >= 15 is 0 Å². The van der Waals surface area contributed by atoms with E-state index in [0.29, 0.717) is 6.42 Å². The molecule has 0 aliphatic heterocycles. The second kappa shape index (κ2) is 11.6. The summed E-state index contributed by atoms with van der Waals surface area (Å²) in [6.45, 7) is 2.18. The highest BCUT2D eigenvalue weighted by molar-refractivity contribution is 5.83. The molecule has 0 saturated carbocycles. The summed E-state index contributed by atoms with van der Waals surface area (Å²) in [5, 5.41) is 11.3. The van der Waals surface area contributed by atoms with E-state index in [1.807, 2.05) is 0 Å². The first-order valence-electron chi connectivity index (χ1n) is 7.07. The Labute approximate surface area is 116 Å². The SMILES string of the molecule is C#CCC(NC(=O)CCCCCCCCC)C(=O)O. The highest BCUT2D eigenvalue weighted by Gasteiger charge is 2.17. The fourth-order valence-corrected chi connectivity index (χ4v) is 1.83. The molecule has 0 spiro atoms. The molecule has 0 fully saturated rings. The molecule has 4 nitrogen and oxygen atoms in total. The predicted molar refractivity (Wildman–Crippen MR) is 75.6 cm³/mol. The van der Waals surface area contributed by atoms with Gasteiger partial charge in [0.15, 0.2) is 0 Å². The van der Waals surface area contributed by atoms with E-state index in [-0.39, 0.29) is 12.3 Å². The summed E-state index contributed by atoms with van der Waals surface area (Å²) in [6, 6.07) is -0.956. The number of aliphatic carboxylic acids is 1. The Kier molecular flexibility index (Phi) is 10.7. The molecule has 0 rings (SSSR count). The van der Waals surface area contributed by atoms with Crippen LogP contribution in [0.4, 0.5) is 0 Å². The number of unbranched alkanes of at least 4 members (excludes halogenated alkanes) is 6. The van der Waals surface area contributed by atoms with E-state index in [0.717, 1.165) is 19.3 Å². The molecule has 0 heterocycles. The van der Waals surface area contributed by atoms with E-state index in [1.165, 1.54) is 25.7 Å². The van der Waals surface area contributed by atoms with Gasteiger partial charge >= 0.3 is 5.97 Å². The average Bonchev–Trinajstić information content (AvgIpc) is 2.37. The van der Waals surface area contributed by atoms with Gasteiger partial charge in [-0.2, -0.15) is 0 Å². The Bertz CT molecular complexity index is 307. The van der Waals surface area contributed by atoms with Crippen LogP contribution < -0.4 is 5.32 Å². The highest BCUT2D eigenvalue weighted by atomic mass is 16.4. The van der Waals surface area contributed by atoms with Gasteiger partial charge in [0.05, 0.1) is 0 Å². The van der Waals surface area contributed by atoms with Crippen molar-refractivity contribution in [3.63, 3.8) is 0 Å². The molecule has 0 saturated heterocycles. The molecule has 0 radical (unpaired) electrons. The molecule has 4 heteroatoms. The van der Waals surface area contributed by atoms with Crippen LogP contribution in [0.15, 0.2) is 0 Å². The molecule has 1 amide bonds. The van der Waals surface area contributed by atoms with Gasteiger partial charge in [-0.1, -0.05) is 45.4 Å². The van der Waals surface area contributed by atoms with Gasteiger partial charge in [-0.05, 0) is 6.42 Å². The molecule has 19 heavy (non-hydrogen) atoms. The number of hydrogen-bond acceptors (Lipinski definition) is 2. The summed E-state index contributed by atoms with van der Waals surface area (Å²) in [5.41, 5.74) is 0. The van der Waals surface area contributed by atoms with E-state index in [2.05, 4.69) is 18.2 Å². The minimum atomic E-state index is -1.08. The largest absolute Gasteiger partial charge is 0.480 e. The van der Waals surface area contributed by atoms with Crippen molar-refractivity contribution in [2.24, 2.45) is 0 Å². The molecule has 0 aliphatic rings. The zero-order valence-corrected chi connectivity index (χ0v) is 11.8. The zero-order valence-electron chi connectivity index (χ0n) is 11.8. The average molecular weight is 267 g/mol. The Balaban J connectivity index is 3.63. The zero-order chi connectivity index (χ0) is 14.5. The first-order valence-corrected chi connectivity index (χ1v) is 7.07. The fraction of sp³-hybridized carbons (Fsp3) is 0.733. The van der Waals surface area contributed by atoms with Gasteiger partial charge in [0.1, 0.15) is 6.04 Å². The van der Waals surface area contributed by atoms with Gasteiger partial charge in [-0.15, -0.1) is 12.3 Å². The first kappa shape index (κ1) is 17.5. The van der Waals surface area contributed by atoms with Gasteiger partial charge in [-0.25, -0.2) is 4.79 Å². The second-order valence-electron chi connectivity index (χ2n) is 4.74. The number of nitrogens with one attached hydrogen (secondary N) is 1. The predicted octanol–water partition coefficient (Wildman–Crippen LogP) is 2.72. The Morgan fingerprint density at radius 2 is 1.74 bits per heavy atom. The summed E-state index contributed by atoms with van der Waals surface area (Å²) in [4.78, 5) is 22.3. The normalized spacial score (nSPS) is 11.6. The van der Waals surface area contributed by atoms with Crippen molar-refractivity contribution >= 4 is 11.9 Å². The summed E-state index contributed by atoms with van der Waals surface area (Å²) in [5.74, 6) is 0.951. The number of carboxylic acids is 1. The minimum absolute atomic E-state index is 0.0259. The smallest absolute Gasteiger partial charge is 0.327 e. The van der Waals surface area contributed by atoms with Crippen LogP contribution in [0.25, 0.3) is 0 Å². The summed E-state index contributed by atoms with van der Waals surface area (Å²) < 4.78 is 0. The van der Waals surface area contributed by atoms with Crippen LogP contribution >= 0.6 is 0 Å². The molecule has 108 valence electrons. The number of carboxylic acid groups (broad SMARTS) is 1. The third-order valence-electron chi connectivity index (χ3n) is 2.96. The quantitative estimate of drug-likeness (QED) is 0.447. The van der Waals surface area contributed by atoms with Gasteiger partial charge in [0, 0.05) is 12.8 Å². The second-order valence-corrected chi connectivity index (χ2v) is 4.74. The number of amides is 1. The lowest BCUT2D eigenvalue weighted by Crippen LogP contribution is -2.40. The maximum Gasteiger partial charge on any atom is 0.327 e. The van der Waals surface area contributed by atoms with Gasteiger partial charge in [0.25, 0.3) is 0 Å². The maximum atomic E-state index is 11.5. The van der Waals surface area contributed by atoms with Gasteiger partial charge in [-0.3, -0.25) is 4.79 Å². The molecule has 1 atom stereocenters. The topological polar surface area (TPSA) is 66.4 Å². The molecular weight excluding hydrogens is 242 g/mol. The van der Waals surface area contributed by atoms with Crippen molar-refractivity contribution in [2.75, 3.05) is 0 Å². The molecular formula is C15H25NO3. The lowest BCUT2D eigenvalue weighted by atomic mass is 10.1. The van der Waals surface area contributed by atoms with Crippen LogP contribution in [0.5, 0.6) is 0 Å². The highest BCUT2D eigenvalue weighted by Crippen LogP contribution is 2.08. The molecule has 0 aromatic carbocycles. The number of carbonyl (C=O) groups is 2. The van der Waals surface area contributed by atoms with Crippen LogP contribution in [-0.2, 0) is 9.59 Å². The number of rotatable bonds is 11. The number of terminal acetylenes is 1. The van der Waals surface area contributed by atoms with Crippen LogP contribution in [-0.4, -0.2) is 23.0 Å². The van der Waals surface area contributed by atoms with E-state index in [4.69, 9.17) is 11.5 Å². The van der Waals surface area contributed by atoms with Crippen molar-refractivity contribution in [1.82, 2.24) is 5.32 Å². The van der Waals surface area contributed by atoms with Crippen molar-refractivity contribution in [1.29, 1.82) is 0 Å². The fourth-order valence-electron chi connectivity index (χ4n) is 1.83. The van der Waals surface area contributed by atoms with Crippen molar-refractivity contribution in [2.45, 2.75) is 70.8 Å². The van der Waals surface area contributed by atoms with E-state index < -0.39 is 12.0 Å². The third-order valence-corrected chi connectivity index (χ3v) is 2.96. The Morgan fingerprint density at radius 1 is 1.16 bits per heavy atom. The van der Waals surface area contributed by atoms with Crippen LogP contribution in [0.1, 0.15) is 64.7 Å². The Hall–Kier alpha value is -1.50. The molecule has 0 aromatic heterocycles. The number of carbonyl (C=O) groups excluding carboxylic acids is 1. The standard InChI is InChI=1S/C15H25NO3/c1-3-5-6-7-8-9-10-12-14(17)16-13(11-4-2)15(18)19/h2,13H,3,5-12H2,1H3,(H,16,17)(H,18,19). The molecule has 0 aliphatic carbocycles. The van der Waals surface area contributed by atoms with Gasteiger partial charge in [0.2, 0.25) is 5.91 Å². The third kappa shape index (κ3) is 10.1. The summed E-state index contributed by atoms with van der Waals surface area (Å²) in [6.07, 6.45) is 13.4. The van der Waals surface area contributed by atoms with Crippen LogP contribution in [0, 0.1) is 12.3 Å². The molecule has 0 bridgehead atoms. The van der Waals surface area contributed by atoms with Crippen molar-refractivity contribution in [3.8, 4) is 12.3 Å². The Morgan fingerprint density at radius 3 is 2.26 bits per heavy atom. The van der Waals surface area contributed by atoms with Gasteiger partial charge < -0.3 is 10.4 Å². The van der Waals surface area contributed by atoms with Crippen LogP contribution in [0.2, 0.25) is 0 Å². The van der Waals surface area contributed by atoms with E-state index in [9.17, 15) is 9.59 Å². The molecule has 2 N–H and O–H groups in total. The lowest BCUT2D eigenvalue weighted by molar-refractivity contribution is -0.141. The van der Waals surface area contributed by atoms with Crippen molar-refractivity contribution < 1.29 is 14.7 Å². The van der Waals surface area contributed by atoms with Crippen molar-refractivity contribution in [3.05, 3.63) is 0 Å². The molecule has 1 unspecified atom stereocenters. The number of hydrogen-bond donors (Lipinski definition) is 2. The van der Waals surface area contributed by atoms with E-state index in [1.54, 1.807) is 0 Å². The minimum Gasteiger partial charge on any atom is -0.480 e. The maximum absolute atomic E-state index is 11.5. The molecule has 0 aromatic rings. The monoisotopic (exact) mass is 267 g/mol. The first-order chi connectivity index (χ1) is 9.11. The summed E-state index contributed by atoms with van der Waals surface area (Å²) >= 11 is 0.